The second kappa shape index (κ2) is 30.8. The molecule has 2 rings (SSSR count). The summed E-state index contributed by atoms with van der Waals surface area (Å²) in [6.07, 6.45) is 18.8. The number of nitrogens with one attached hydrogen (secondary N) is 1. The van der Waals surface area contributed by atoms with E-state index in [4.69, 9.17) is 44.3 Å². The third-order valence-corrected chi connectivity index (χ3v) is 7.26. The lowest BCUT2D eigenvalue weighted by atomic mass is 10.1. The summed E-state index contributed by atoms with van der Waals surface area (Å²) in [5.41, 5.74) is 2.19. The van der Waals surface area contributed by atoms with Gasteiger partial charge < -0.3 is 45.4 Å². The Morgan fingerprint density at radius 3 is 1.68 bits per heavy atom. The molecule has 1 aromatic heterocycles. The SMILES string of the molecule is CCCCCCCCCCCCCCOc1cn(Cc2ccccc2)c(CNCCCN(C)C)cc1=O.O.O=C(O)C(=O)O.O=C(O)C(=O)O. The zero-order valence-corrected chi connectivity index (χ0v) is 29.9. The van der Waals surface area contributed by atoms with E-state index in [-0.39, 0.29) is 10.9 Å². The highest BCUT2D eigenvalue weighted by Gasteiger charge is 2.09. The van der Waals surface area contributed by atoms with E-state index in [0.717, 1.165) is 38.2 Å². The predicted molar refractivity (Wildman–Crippen MR) is 192 cm³/mol. The van der Waals surface area contributed by atoms with Crippen molar-refractivity contribution in [3.8, 4) is 5.75 Å². The molecule has 14 heteroatoms. The maximum absolute atomic E-state index is 12.8. The lowest BCUT2D eigenvalue weighted by Gasteiger charge is -2.17. The Labute approximate surface area is 295 Å². The van der Waals surface area contributed by atoms with Crippen LogP contribution in [-0.4, -0.2) is 93.0 Å². The molecule has 0 amide bonds. The summed E-state index contributed by atoms with van der Waals surface area (Å²) in [5.74, 6) is -6.83. The van der Waals surface area contributed by atoms with E-state index in [1.807, 2.05) is 12.3 Å². The molecular formula is C36H59N3O11. The number of ether oxygens (including phenoxy) is 1. The Bertz CT molecular complexity index is 1220. The van der Waals surface area contributed by atoms with Crippen LogP contribution in [0.5, 0.6) is 5.75 Å². The number of pyridine rings is 1. The molecule has 0 aliphatic rings. The maximum Gasteiger partial charge on any atom is 0.414 e. The minimum Gasteiger partial charge on any atom is -0.488 e. The summed E-state index contributed by atoms with van der Waals surface area (Å²) in [5, 5.41) is 33.1. The quantitative estimate of drug-likeness (QED) is 0.0841. The summed E-state index contributed by atoms with van der Waals surface area (Å²) in [4.78, 5) is 51.4. The zero-order valence-electron chi connectivity index (χ0n) is 29.9. The zero-order chi connectivity index (χ0) is 36.9. The molecule has 1 aromatic carbocycles. The lowest BCUT2D eigenvalue weighted by Crippen LogP contribution is -2.24. The molecule has 1 heterocycles. The summed E-state index contributed by atoms with van der Waals surface area (Å²) >= 11 is 0. The Kier molecular flexibility index (Phi) is 29.4. The van der Waals surface area contributed by atoms with Crippen LogP contribution in [0.4, 0.5) is 0 Å². The first-order valence-corrected chi connectivity index (χ1v) is 17.1. The fourth-order valence-electron chi connectivity index (χ4n) is 4.64. The Balaban J connectivity index is 0. The molecule has 50 heavy (non-hydrogen) atoms. The van der Waals surface area contributed by atoms with Gasteiger partial charge >= 0.3 is 23.9 Å². The second-order valence-electron chi connectivity index (χ2n) is 11.9. The summed E-state index contributed by atoms with van der Waals surface area (Å²) < 4.78 is 8.13. The van der Waals surface area contributed by atoms with Gasteiger partial charge in [0.2, 0.25) is 5.43 Å². The highest BCUT2D eigenvalue weighted by atomic mass is 16.5. The lowest BCUT2D eigenvalue weighted by molar-refractivity contribution is -0.159. The van der Waals surface area contributed by atoms with Gasteiger partial charge in [0.05, 0.1) is 12.8 Å². The predicted octanol–water partition coefficient (Wildman–Crippen LogP) is 4.50. The number of carboxylic acids is 4. The van der Waals surface area contributed by atoms with Crippen LogP contribution < -0.4 is 15.5 Å². The van der Waals surface area contributed by atoms with E-state index in [1.54, 1.807) is 6.07 Å². The molecule has 0 fully saturated rings. The third kappa shape index (κ3) is 26.7. The van der Waals surface area contributed by atoms with E-state index in [0.29, 0.717) is 18.9 Å². The average molecular weight is 710 g/mol. The normalized spacial score (nSPS) is 10.2. The number of rotatable bonds is 22. The minimum atomic E-state index is -1.82. The molecule has 14 nitrogen and oxygen atoms in total. The van der Waals surface area contributed by atoms with Crippen LogP contribution >= 0.6 is 0 Å². The molecule has 2 aromatic rings. The van der Waals surface area contributed by atoms with Crippen molar-refractivity contribution in [3.63, 3.8) is 0 Å². The molecule has 0 radical (unpaired) electrons. The van der Waals surface area contributed by atoms with Crippen LogP contribution in [0.3, 0.4) is 0 Å². The molecular weight excluding hydrogens is 650 g/mol. The summed E-state index contributed by atoms with van der Waals surface area (Å²) in [7, 11) is 4.18. The summed E-state index contributed by atoms with van der Waals surface area (Å²) in [6.45, 7) is 6.26. The smallest absolute Gasteiger partial charge is 0.414 e. The number of carbonyl (C=O) groups is 4. The molecule has 0 aliphatic carbocycles. The fourth-order valence-corrected chi connectivity index (χ4v) is 4.64. The molecule has 0 saturated carbocycles. The Morgan fingerprint density at radius 1 is 0.740 bits per heavy atom. The number of hydrogen-bond donors (Lipinski definition) is 5. The number of benzene rings is 1. The second-order valence-corrected chi connectivity index (χ2v) is 11.9. The van der Waals surface area contributed by atoms with Crippen LogP contribution in [-0.2, 0) is 32.3 Å². The Hall–Kier alpha value is -4.27. The van der Waals surface area contributed by atoms with E-state index < -0.39 is 23.9 Å². The maximum atomic E-state index is 12.8. The van der Waals surface area contributed by atoms with Gasteiger partial charge in [-0.05, 0) is 45.6 Å². The van der Waals surface area contributed by atoms with Gasteiger partial charge in [0, 0.05) is 24.8 Å². The number of carboxylic acid groups (broad SMARTS) is 4. The molecule has 0 unspecified atom stereocenters. The van der Waals surface area contributed by atoms with Gasteiger partial charge in [0.25, 0.3) is 0 Å². The van der Waals surface area contributed by atoms with Crippen molar-refractivity contribution in [2.45, 2.75) is 103 Å². The van der Waals surface area contributed by atoms with E-state index >= 15 is 0 Å². The fraction of sp³-hybridized carbons (Fsp3) is 0.583. The Morgan fingerprint density at radius 2 is 1.22 bits per heavy atom. The third-order valence-electron chi connectivity index (χ3n) is 7.26. The first-order chi connectivity index (χ1) is 23.4. The molecule has 284 valence electrons. The van der Waals surface area contributed by atoms with Gasteiger partial charge in [-0.15, -0.1) is 0 Å². The van der Waals surface area contributed by atoms with Crippen molar-refractivity contribution in [2.75, 3.05) is 33.8 Å². The highest BCUT2D eigenvalue weighted by Crippen LogP contribution is 2.14. The number of unbranched alkanes of at least 4 members (excludes halogenated alkanes) is 11. The van der Waals surface area contributed by atoms with Crippen molar-refractivity contribution in [1.82, 2.24) is 14.8 Å². The van der Waals surface area contributed by atoms with Crippen molar-refractivity contribution < 1.29 is 49.8 Å². The topological polar surface area (TPSA) is 227 Å². The monoisotopic (exact) mass is 709 g/mol. The highest BCUT2D eigenvalue weighted by molar-refractivity contribution is 6.27. The molecule has 7 N–H and O–H groups in total. The number of aliphatic carboxylic acids is 4. The minimum absolute atomic E-state index is 0. The average Bonchev–Trinajstić information content (AvgIpc) is 3.05. The number of nitrogens with zero attached hydrogens (tertiary/aromatic N) is 2. The summed E-state index contributed by atoms with van der Waals surface area (Å²) in [6, 6.07) is 12.1. The largest absolute Gasteiger partial charge is 0.488 e. The van der Waals surface area contributed by atoms with E-state index in [2.05, 4.69) is 60.1 Å². The number of aromatic nitrogens is 1. The molecule has 0 bridgehead atoms. The number of hydrogen-bond acceptors (Lipinski definition) is 8. The first-order valence-electron chi connectivity index (χ1n) is 17.1. The molecule has 0 spiro atoms. The van der Waals surface area contributed by atoms with Gasteiger partial charge in [-0.2, -0.15) is 0 Å². The van der Waals surface area contributed by atoms with Crippen LogP contribution in [0.15, 0.2) is 47.4 Å². The van der Waals surface area contributed by atoms with Gasteiger partial charge in [0.15, 0.2) is 5.75 Å². The molecule has 0 aliphatic heterocycles. The van der Waals surface area contributed by atoms with Crippen molar-refractivity contribution in [1.29, 1.82) is 0 Å². The standard InChI is InChI=1S/C32H53N3O2.2C2H2O4.H2O/c1-4-5-6-7-8-9-10-11-12-13-14-18-24-37-32-28-35(27-29-20-16-15-17-21-29)30(25-31(32)36)26-33-22-19-23-34(2)3;2*3-1(4)2(5)6;/h15-17,20-21,25,28,33H,4-14,18-19,22-24,26-27H2,1-3H3;2*(H,3,4)(H,5,6);1H2. The van der Waals surface area contributed by atoms with Gasteiger partial charge in [-0.1, -0.05) is 108 Å². The van der Waals surface area contributed by atoms with E-state index in [1.165, 1.54) is 76.2 Å². The molecule has 0 saturated heterocycles. The van der Waals surface area contributed by atoms with Crippen LogP contribution in [0, 0.1) is 0 Å². The van der Waals surface area contributed by atoms with Crippen molar-refractivity contribution >= 4 is 23.9 Å². The van der Waals surface area contributed by atoms with Gasteiger partial charge in [-0.25, -0.2) is 19.2 Å². The van der Waals surface area contributed by atoms with Crippen molar-refractivity contribution in [3.05, 3.63) is 64.1 Å². The van der Waals surface area contributed by atoms with Crippen LogP contribution in [0.25, 0.3) is 0 Å². The van der Waals surface area contributed by atoms with E-state index in [9.17, 15) is 4.79 Å². The van der Waals surface area contributed by atoms with Gasteiger partial charge in [0.1, 0.15) is 0 Å². The van der Waals surface area contributed by atoms with Crippen molar-refractivity contribution in [2.24, 2.45) is 0 Å². The first kappa shape index (κ1) is 47.8. The molecule has 0 atom stereocenters. The van der Waals surface area contributed by atoms with Crippen LogP contribution in [0.1, 0.15) is 102 Å². The van der Waals surface area contributed by atoms with Crippen LogP contribution in [0.2, 0.25) is 0 Å². The van der Waals surface area contributed by atoms with Gasteiger partial charge in [-0.3, -0.25) is 4.79 Å².